The molecule has 2 heterocycles. The van der Waals surface area contributed by atoms with E-state index in [2.05, 4.69) is 25.2 Å². The Morgan fingerprint density at radius 2 is 2.06 bits per heavy atom. The van der Waals surface area contributed by atoms with Crippen molar-refractivity contribution in [2.24, 2.45) is 0 Å². The summed E-state index contributed by atoms with van der Waals surface area (Å²) in [5.41, 5.74) is 4.04. The molecule has 0 bridgehead atoms. The summed E-state index contributed by atoms with van der Waals surface area (Å²) >= 11 is 0.00829. The van der Waals surface area contributed by atoms with Crippen LogP contribution in [-0.2, 0) is 0 Å². The van der Waals surface area contributed by atoms with Crippen LogP contribution in [0.4, 0.5) is 5.69 Å². The Morgan fingerprint density at radius 3 is 2.89 bits per heavy atom. The van der Waals surface area contributed by atoms with Gasteiger partial charge in [-0.15, -0.1) is 0 Å². The number of aromatic nitrogens is 3. The predicted molar refractivity (Wildman–Crippen MR) is 72.8 cm³/mol. The number of hydrogen-bond donors (Lipinski definition) is 1. The van der Waals surface area contributed by atoms with Gasteiger partial charge in [-0.2, -0.15) is 0 Å². The Kier molecular flexibility index (Phi) is 3.09. The van der Waals surface area contributed by atoms with E-state index in [0.29, 0.717) is 0 Å². The molecule has 5 heteroatoms. The molecule has 0 aliphatic carbocycles. The van der Waals surface area contributed by atoms with Crippen molar-refractivity contribution < 1.29 is 0 Å². The van der Waals surface area contributed by atoms with Gasteiger partial charge in [0.25, 0.3) is 0 Å². The summed E-state index contributed by atoms with van der Waals surface area (Å²) in [4.78, 5) is 4.36. The third kappa shape index (κ3) is 2.15. The molecule has 90 valence electrons. The SMILES string of the molecule is CC(Nc1cccc2n[se]nc12)c1ccccn1. The van der Waals surface area contributed by atoms with Crippen molar-refractivity contribution in [1.29, 1.82) is 0 Å². The Hall–Kier alpha value is -1.71. The molecular weight excluding hydrogens is 291 g/mol. The zero-order valence-electron chi connectivity index (χ0n) is 9.87. The van der Waals surface area contributed by atoms with E-state index in [1.807, 2.05) is 42.6 Å². The number of pyridine rings is 1. The quantitative estimate of drug-likeness (QED) is 0.754. The minimum atomic E-state index is 0.00829. The molecule has 1 aromatic carbocycles. The monoisotopic (exact) mass is 304 g/mol. The Labute approximate surface area is 111 Å². The van der Waals surface area contributed by atoms with Crippen LogP contribution in [0, 0.1) is 0 Å². The van der Waals surface area contributed by atoms with E-state index in [0.717, 1.165) is 22.4 Å². The van der Waals surface area contributed by atoms with Gasteiger partial charge >= 0.3 is 111 Å². The van der Waals surface area contributed by atoms with Crippen LogP contribution in [0.5, 0.6) is 0 Å². The van der Waals surface area contributed by atoms with Gasteiger partial charge in [0.2, 0.25) is 0 Å². The van der Waals surface area contributed by atoms with Crippen LogP contribution in [0.25, 0.3) is 11.0 Å². The van der Waals surface area contributed by atoms with E-state index in [1.54, 1.807) is 0 Å². The molecule has 2 aromatic heterocycles. The molecule has 1 N–H and O–H groups in total. The second kappa shape index (κ2) is 4.88. The summed E-state index contributed by atoms with van der Waals surface area (Å²) in [6, 6.07) is 12.1. The van der Waals surface area contributed by atoms with Gasteiger partial charge in [0.05, 0.1) is 0 Å². The number of anilines is 1. The summed E-state index contributed by atoms with van der Waals surface area (Å²) in [5.74, 6) is 0. The number of nitrogens with zero attached hydrogens (tertiary/aromatic N) is 3. The zero-order chi connectivity index (χ0) is 12.4. The molecule has 3 aromatic rings. The first-order valence-electron chi connectivity index (χ1n) is 5.73. The van der Waals surface area contributed by atoms with Crippen LogP contribution >= 0.6 is 0 Å². The van der Waals surface area contributed by atoms with E-state index < -0.39 is 0 Å². The summed E-state index contributed by atoms with van der Waals surface area (Å²) in [6.07, 6.45) is 1.81. The van der Waals surface area contributed by atoms with Gasteiger partial charge < -0.3 is 0 Å². The first-order valence-corrected chi connectivity index (χ1v) is 7.26. The molecule has 0 radical (unpaired) electrons. The molecule has 0 saturated carbocycles. The Morgan fingerprint density at radius 1 is 1.11 bits per heavy atom. The summed E-state index contributed by atoms with van der Waals surface area (Å²) in [6.45, 7) is 2.10. The topological polar surface area (TPSA) is 50.7 Å². The van der Waals surface area contributed by atoms with Gasteiger partial charge in [0.1, 0.15) is 0 Å². The second-order valence-electron chi connectivity index (χ2n) is 4.06. The molecule has 0 aliphatic rings. The molecule has 0 spiro atoms. The van der Waals surface area contributed by atoms with Crippen molar-refractivity contribution in [2.75, 3.05) is 5.32 Å². The third-order valence-corrected chi connectivity index (χ3v) is 3.93. The van der Waals surface area contributed by atoms with Gasteiger partial charge in [-0.05, 0) is 0 Å². The summed E-state index contributed by atoms with van der Waals surface area (Å²) in [5, 5.41) is 3.45. The van der Waals surface area contributed by atoms with Crippen LogP contribution in [0.15, 0.2) is 42.6 Å². The van der Waals surface area contributed by atoms with E-state index in [1.165, 1.54) is 0 Å². The maximum absolute atomic E-state index is 4.46. The fraction of sp³-hybridized carbons (Fsp3) is 0.154. The summed E-state index contributed by atoms with van der Waals surface area (Å²) in [7, 11) is 0. The zero-order valence-corrected chi connectivity index (χ0v) is 11.6. The number of fused-ring (bicyclic) bond motifs is 1. The van der Waals surface area contributed by atoms with E-state index in [-0.39, 0.29) is 21.0 Å². The third-order valence-electron chi connectivity index (χ3n) is 2.79. The molecular formula is C13H12N4Se. The molecule has 0 aliphatic heterocycles. The van der Waals surface area contributed by atoms with E-state index in [9.17, 15) is 0 Å². The van der Waals surface area contributed by atoms with Crippen molar-refractivity contribution >= 4 is 31.7 Å². The fourth-order valence-corrected chi connectivity index (χ4v) is 3.02. The minimum absolute atomic E-state index is 0.00829. The van der Waals surface area contributed by atoms with Gasteiger partial charge in [-0.3, -0.25) is 0 Å². The standard InChI is InChI=1S/C13H12N4Se/c1-9(10-5-2-3-8-14-10)15-11-6-4-7-12-13(11)17-18-16-12/h2-9,15H,1H3. The molecule has 18 heavy (non-hydrogen) atoms. The normalized spacial score (nSPS) is 12.5. The molecule has 3 rings (SSSR count). The number of benzene rings is 1. The fourth-order valence-electron chi connectivity index (χ4n) is 1.86. The first-order chi connectivity index (χ1) is 8.84. The number of hydrogen-bond acceptors (Lipinski definition) is 4. The van der Waals surface area contributed by atoms with Crippen molar-refractivity contribution in [3.8, 4) is 0 Å². The second-order valence-corrected chi connectivity index (χ2v) is 5.17. The number of nitrogens with one attached hydrogen (secondary N) is 1. The van der Waals surface area contributed by atoms with Crippen LogP contribution < -0.4 is 5.32 Å². The van der Waals surface area contributed by atoms with Crippen LogP contribution in [0.3, 0.4) is 0 Å². The van der Waals surface area contributed by atoms with Crippen molar-refractivity contribution in [2.45, 2.75) is 13.0 Å². The predicted octanol–water partition coefficient (Wildman–Crippen LogP) is 2.25. The van der Waals surface area contributed by atoms with Crippen molar-refractivity contribution in [1.82, 2.24) is 12.9 Å². The summed E-state index contributed by atoms with van der Waals surface area (Å²) < 4.78 is 8.84. The van der Waals surface area contributed by atoms with Gasteiger partial charge in [0.15, 0.2) is 0 Å². The van der Waals surface area contributed by atoms with Gasteiger partial charge in [-0.1, -0.05) is 0 Å². The number of rotatable bonds is 3. The molecule has 0 amide bonds. The van der Waals surface area contributed by atoms with Crippen LogP contribution in [0.1, 0.15) is 18.7 Å². The van der Waals surface area contributed by atoms with Crippen LogP contribution in [0.2, 0.25) is 0 Å². The van der Waals surface area contributed by atoms with Gasteiger partial charge in [-0.25, -0.2) is 0 Å². The van der Waals surface area contributed by atoms with Crippen molar-refractivity contribution in [3.05, 3.63) is 48.3 Å². The Bertz CT molecular complexity index is 650. The molecule has 0 saturated heterocycles. The maximum atomic E-state index is 4.46. The van der Waals surface area contributed by atoms with E-state index in [4.69, 9.17) is 0 Å². The van der Waals surface area contributed by atoms with Gasteiger partial charge in [0, 0.05) is 0 Å². The van der Waals surface area contributed by atoms with Crippen LogP contribution in [-0.4, -0.2) is 27.9 Å². The van der Waals surface area contributed by atoms with E-state index >= 15 is 0 Å². The first kappa shape index (κ1) is 11.4. The average Bonchev–Trinajstić information content (AvgIpc) is 2.89. The Balaban J connectivity index is 1.91. The molecule has 1 atom stereocenters. The molecule has 4 nitrogen and oxygen atoms in total. The molecule has 0 fully saturated rings. The van der Waals surface area contributed by atoms with Crippen molar-refractivity contribution in [3.63, 3.8) is 0 Å². The molecule has 1 unspecified atom stereocenters. The average molecular weight is 303 g/mol.